The lowest BCUT2D eigenvalue weighted by molar-refractivity contribution is 0.122. The van der Waals surface area contributed by atoms with Gasteiger partial charge in [0.15, 0.2) is 0 Å². The summed E-state index contributed by atoms with van der Waals surface area (Å²) < 4.78 is 11.1. The fraction of sp³-hybridized carbons (Fsp3) is 0.524. The summed E-state index contributed by atoms with van der Waals surface area (Å²) in [6.45, 7) is 8.34. The SMILES string of the molecule is c1ccc2c(c1)CCN(c1nc(N3CCOCC3)cc(N3CCOCC3)n1)C2. The second-order valence-electron chi connectivity index (χ2n) is 7.52. The van der Waals surface area contributed by atoms with Gasteiger partial charge in [-0.15, -0.1) is 0 Å². The van der Waals surface area contributed by atoms with E-state index >= 15 is 0 Å². The predicted molar refractivity (Wildman–Crippen MR) is 109 cm³/mol. The molecule has 4 heterocycles. The molecule has 0 saturated carbocycles. The Balaban J connectivity index is 1.47. The van der Waals surface area contributed by atoms with E-state index in [4.69, 9.17) is 19.4 Å². The highest BCUT2D eigenvalue weighted by Gasteiger charge is 2.23. The van der Waals surface area contributed by atoms with Crippen LogP contribution in [0.5, 0.6) is 0 Å². The Morgan fingerprint density at radius 3 is 1.86 bits per heavy atom. The zero-order valence-corrected chi connectivity index (χ0v) is 16.2. The van der Waals surface area contributed by atoms with Gasteiger partial charge in [0.1, 0.15) is 11.6 Å². The van der Waals surface area contributed by atoms with Crippen LogP contribution >= 0.6 is 0 Å². The van der Waals surface area contributed by atoms with E-state index in [9.17, 15) is 0 Å². The van der Waals surface area contributed by atoms with Crippen LogP contribution in [0.25, 0.3) is 0 Å². The summed E-state index contributed by atoms with van der Waals surface area (Å²) in [5, 5.41) is 0. The standard InChI is InChI=1S/C21H27N5O2/c1-2-4-18-16-26(6-5-17(18)3-1)21-22-19(24-7-11-27-12-8-24)15-20(23-21)25-9-13-28-14-10-25/h1-4,15H,5-14,16H2. The molecule has 0 spiro atoms. The van der Waals surface area contributed by atoms with Gasteiger partial charge >= 0.3 is 0 Å². The van der Waals surface area contributed by atoms with Crippen LogP contribution in [-0.4, -0.2) is 69.1 Å². The van der Waals surface area contributed by atoms with Gasteiger partial charge in [-0.05, 0) is 17.5 Å². The maximum atomic E-state index is 5.53. The highest BCUT2D eigenvalue weighted by molar-refractivity contribution is 5.56. The molecule has 5 rings (SSSR count). The molecule has 2 saturated heterocycles. The van der Waals surface area contributed by atoms with E-state index in [0.29, 0.717) is 0 Å². The van der Waals surface area contributed by atoms with Crippen LogP contribution < -0.4 is 14.7 Å². The van der Waals surface area contributed by atoms with Crippen LogP contribution in [0.1, 0.15) is 11.1 Å². The number of morpholine rings is 2. The number of hydrogen-bond donors (Lipinski definition) is 0. The van der Waals surface area contributed by atoms with Crippen molar-refractivity contribution in [3.8, 4) is 0 Å². The second kappa shape index (κ2) is 7.93. The Labute approximate surface area is 165 Å². The van der Waals surface area contributed by atoms with Crippen molar-refractivity contribution in [1.29, 1.82) is 0 Å². The van der Waals surface area contributed by atoms with E-state index in [1.807, 2.05) is 0 Å². The Morgan fingerprint density at radius 2 is 1.25 bits per heavy atom. The normalized spacial score (nSPS) is 20.2. The van der Waals surface area contributed by atoms with Gasteiger partial charge in [-0.3, -0.25) is 0 Å². The molecule has 0 amide bonds. The molecule has 0 atom stereocenters. The number of aromatic nitrogens is 2. The average Bonchev–Trinajstić information content (AvgIpc) is 2.79. The van der Waals surface area contributed by atoms with E-state index in [1.165, 1.54) is 11.1 Å². The van der Waals surface area contributed by atoms with Crippen LogP contribution in [0.2, 0.25) is 0 Å². The van der Waals surface area contributed by atoms with Gasteiger partial charge in [0.25, 0.3) is 0 Å². The summed E-state index contributed by atoms with van der Waals surface area (Å²) >= 11 is 0. The van der Waals surface area contributed by atoms with E-state index in [1.54, 1.807) is 0 Å². The molecule has 3 aliphatic rings. The maximum absolute atomic E-state index is 5.53. The van der Waals surface area contributed by atoms with Gasteiger partial charge < -0.3 is 24.2 Å². The van der Waals surface area contributed by atoms with Crippen LogP contribution in [0, 0.1) is 0 Å². The third-order valence-electron chi connectivity index (χ3n) is 5.77. The summed E-state index contributed by atoms with van der Waals surface area (Å²) in [4.78, 5) is 16.9. The van der Waals surface area contributed by atoms with Crippen molar-refractivity contribution in [2.24, 2.45) is 0 Å². The molecule has 148 valence electrons. The summed E-state index contributed by atoms with van der Waals surface area (Å²) in [6.07, 6.45) is 1.04. The minimum atomic E-state index is 0.753. The monoisotopic (exact) mass is 381 g/mol. The fourth-order valence-electron chi connectivity index (χ4n) is 4.13. The average molecular weight is 381 g/mol. The van der Waals surface area contributed by atoms with Gasteiger partial charge in [0, 0.05) is 45.3 Å². The first kappa shape index (κ1) is 17.7. The first-order valence-electron chi connectivity index (χ1n) is 10.2. The van der Waals surface area contributed by atoms with Gasteiger partial charge in [0.05, 0.1) is 26.4 Å². The van der Waals surface area contributed by atoms with Gasteiger partial charge in [-0.2, -0.15) is 9.97 Å². The smallest absolute Gasteiger partial charge is 0.229 e. The summed E-state index contributed by atoms with van der Waals surface area (Å²) in [5.41, 5.74) is 2.82. The summed E-state index contributed by atoms with van der Waals surface area (Å²) in [7, 11) is 0. The summed E-state index contributed by atoms with van der Waals surface area (Å²) in [5.74, 6) is 2.85. The van der Waals surface area contributed by atoms with Gasteiger partial charge in [-0.25, -0.2) is 0 Å². The van der Waals surface area contributed by atoms with E-state index in [2.05, 4.69) is 45.0 Å². The van der Waals surface area contributed by atoms with Crippen LogP contribution in [0.15, 0.2) is 30.3 Å². The van der Waals surface area contributed by atoms with Crippen molar-refractivity contribution >= 4 is 17.6 Å². The highest BCUT2D eigenvalue weighted by Crippen LogP contribution is 2.27. The molecular weight excluding hydrogens is 354 g/mol. The molecule has 2 fully saturated rings. The van der Waals surface area contributed by atoms with E-state index in [-0.39, 0.29) is 0 Å². The third kappa shape index (κ3) is 3.64. The van der Waals surface area contributed by atoms with Crippen LogP contribution in [0.4, 0.5) is 17.6 Å². The number of fused-ring (bicyclic) bond motifs is 1. The lowest BCUT2D eigenvalue weighted by Gasteiger charge is -2.34. The first-order valence-corrected chi connectivity index (χ1v) is 10.2. The molecule has 0 aliphatic carbocycles. The fourth-order valence-corrected chi connectivity index (χ4v) is 4.13. The number of nitrogens with zero attached hydrogens (tertiary/aromatic N) is 5. The number of anilines is 3. The molecule has 7 heteroatoms. The molecule has 28 heavy (non-hydrogen) atoms. The molecule has 0 N–H and O–H groups in total. The number of benzene rings is 1. The maximum Gasteiger partial charge on any atom is 0.229 e. The number of hydrogen-bond acceptors (Lipinski definition) is 7. The molecule has 0 radical (unpaired) electrons. The van der Waals surface area contributed by atoms with Crippen molar-refractivity contribution in [3.05, 3.63) is 41.5 Å². The molecule has 1 aromatic carbocycles. The van der Waals surface area contributed by atoms with Crippen LogP contribution in [0.3, 0.4) is 0 Å². The molecule has 2 aromatic rings. The minimum absolute atomic E-state index is 0.753. The van der Waals surface area contributed by atoms with Crippen molar-refractivity contribution in [2.45, 2.75) is 13.0 Å². The molecule has 7 nitrogen and oxygen atoms in total. The van der Waals surface area contributed by atoms with E-state index < -0.39 is 0 Å². The third-order valence-corrected chi connectivity index (χ3v) is 5.77. The van der Waals surface area contributed by atoms with Crippen molar-refractivity contribution < 1.29 is 9.47 Å². The molecule has 0 unspecified atom stereocenters. The molecule has 0 bridgehead atoms. The second-order valence-corrected chi connectivity index (χ2v) is 7.52. The quantitative estimate of drug-likeness (QED) is 0.802. The van der Waals surface area contributed by atoms with Gasteiger partial charge in [0.2, 0.25) is 5.95 Å². The van der Waals surface area contributed by atoms with Crippen molar-refractivity contribution in [1.82, 2.24) is 9.97 Å². The molecule has 1 aromatic heterocycles. The topological polar surface area (TPSA) is 54.0 Å². The minimum Gasteiger partial charge on any atom is -0.378 e. The summed E-state index contributed by atoms with van der Waals surface area (Å²) in [6, 6.07) is 10.8. The Kier molecular flexibility index (Phi) is 5.01. The zero-order chi connectivity index (χ0) is 18.8. The largest absolute Gasteiger partial charge is 0.378 e. The van der Waals surface area contributed by atoms with Gasteiger partial charge in [-0.1, -0.05) is 24.3 Å². The van der Waals surface area contributed by atoms with E-state index in [0.717, 1.165) is 89.7 Å². The van der Waals surface area contributed by atoms with Crippen molar-refractivity contribution in [2.75, 3.05) is 73.9 Å². The lowest BCUT2D eigenvalue weighted by Crippen LogP contribution is -2.40. The highest BCUT2D eigenvalue weighted by atomic mass is 16.5. The lowest BCUT2D eigenvalue weighted by atomic mass is 10.0. The Morgan fingerprint density at radius 1 is 0.679 bits per heavy atom. The first-order chi connectivity index (χ1) is 13.9. The molecular formula is C21H27N5O2. The van der Waals surface area contributed by atoms with Crippen LogP contribution in [-0.2, 0) is 22.4 Å². The number of ether oxygens (including phenoxy) is 2. The zero-order valence-electron chi connectivity index (χ0n) is 16.2. The molecule has 3 aliphatic heterocycles. The van der Waals surface area contributed by atoms with Crippen molar-refractivity contribution in [3.63, 3.8) is 0 Å². The Hall–Kier alpha value is -2.38. The number of rotatable bonds is 3. The predicted octanol–water partition coefficient (Wildman–Crippen LogP) is 1.71. The Bertz CT molecular complexity index is 782.